The van der Waals surface area contributed by atoms with E-state index in [0.717, 1.165) is 13.0 Å². The minimum absolute atomic E-state index is 0. The summed E-state index contributed by atoms with van der Waals surface area (Å²) >= 11 is 0. The molecule has 134 valence electrons. The van der Waals surface area contributed by atoms with Crippen molar-refractivity contribution in [1.29, 1.82) is 0 Å². The first-order valence-electron chi connectivity index (χ1n) is 6.82. The molecule has 0 spiro atoms. The van der Waals surface area contributed by atoms with Crippen molar-refractivity contribution in [2.45, 2.75) is 43.4 Å². The van der Waals surface area contributed by atoms with E-state index in [1.54, 1.807) is 0 Å². The molecule has 0 aromatic carbocycles. The molecule has 6 atom stereocenters. The summed E-state index contributed by atoms with van der Waals surface area (Å²) in [4.78, 5) is 25.2. The van der Waals surface area contributed by atoms with Gasteiger partial charge in [-0.2, -0.15) is 0 Å². The van der Waals surface area contributed by atoms with Gasteiger partial charge in [0, 0.05) is 4.91 Å². The number of rotatable bonds is 7. The van der Waals surface area contributed by atoms with Crippen LogP contribution < -0.4 is 40.0 Å². The van der Waals surface area contributed by atoms with Crippen LogP contribution in [-0.4, -0.2) is 75.4 Å². The molecule has 1 amide bonds. The molecular formula is C12H17N4NaO8. The molecule has 0 aromatic heterocycles. The van der Waals surface area contributed by atoms with E-state index in [1.165, 1.54) is 0 Å². The zero-order valence-corrected chi connectivity index (χ0v) is 15.5. The summed E-state index contributed by atoms with van der Waals surface area (Å²) in [7, 11) is 0. The smallest absolute Gasteiger partial charge is 0.542 e. The van der Waals surface area contributed by atoms with Crippen molar-refractivity contribution < 1.29 is 69.4 Å². The van der Waals surface area contributed by atoms with Gasteiger partial charge in [0.2, 0.25) is 5.91 Å². The average molecular weight is 368 g/mol. The summed E-state index contributed by atoms with van der Waals surface area (Å²) in [5.74, 6) is -3.46. The number of hydrogen-bond acceptors (Lipinski definition) is 9. The Balaban J connectivity index is 0.00000576. The Bertz CT molecular complexity index is 565. The Labute approximate surface area is 164 Å². The molecule has 1 rings (SSSR count). The van der Waals surface area contributed by atoms with Crippen LogP contribution in [-0.2, 0) is 14.3 Å². The summed E-state index contributed by atoms with van der Waals surface area (Å²) in [5, 5.41) is 54.3. The Kier molecular flexibility index (Phi) is 10.0. The van der Waals surface area contributed by atoms with Gasteiger partial charge in [-0.15, -0.1) is 0 Å². The fraction of sp³-hybridized carbons (Fsp3) is 0.667. The van der Waals surface area contributed by atoms with Crippen LogP contribution >= 0.6 is 0 Å². The number of carbonyl (C=O) groups is 2. The monoisotopic (exact) mass is 368 g/mol. The van der Waals surface area contributed by atoms with Crippen molar-refractivity contribution >= 4 is 11.9 Å². The predicted molar refractivity (Wildman–Crippen MR) is 73.6 cm³/mol. The summed E-state index contributed by atoms with van der Waals surface area (Å²) < 4.78 is 5.00. The van der Waals surface area contributed by atoms with E-state index in [1.807, 2.05) is 0 Å². The van der Waals surface area contributed by atoms with Gasteiger partial charge < -0.3 is 40.4 Å². The van der Waals surface area contributed by atoms with Crippen LogP contribution in [0.25, 0.3) is 10.4 Å². The van der Waals surface area contributed by atoms with E-state index in [-0.39, 0.29) is 29.6 Å². The average Bonchev–Trinajstić information content (AvgIpc) is 2.54. The first-order valence-corrected chi connectivity index (χ1v) is 6.82. The number of nitrogens with one attached hydrogen (secondary N) is 1. The first kappa shape index (κ1) is 23.6. The van der Waals surface area contributed by atoms with Crippen molar-refractivity contribution in [2.24, 2.45) is 5.11 Å². The van der Waals surface area contributed by atoms with Gasteiger partial charge in [0.05, 0.1) is 18.7 Å². The van der Waals surface area contributed by atoms with Crippen molar-refractivity contribution in [3.8, 4) is 0 Å². The maximum atomic E-state index is 11.7. The molecule has 0 bridgehead atoms. The second kappa shape index (κ2) is 10.6. The number of carbonyl (C=O) groups excluding carboxylic acids is 2. The normalized spacial score (nSPS) is 25.8. The molecule has 0 saturated carbocycles. The molecule has 5 N–H and O–H groups in total. The molecular weight excluding hydrogens is 351 g/mol. The molecule has 0 fully saturated rings. The third-order valence-corrected chi connectivity index (χ3v) is 3.30. The maximum absolute atomic E-state index is 11.7. The Morgan fingerprint density at radius 1 is 1.48 bits per heavy atom. The standard InChI is InChI=1S/C12H18N4O8.Na/c1-4(18)11(21)14-8-5(15-16-13)2-7(12(22)23)24-10(8)9(20)6(19)3-17;/h2,4-6,8-10,17-20H,3H2,1H3,(H,14,21)(H,22,23);/q;+1/p-1/t4?,5-,6+,8+,9+,10+;/m0./s1. The van der Waals surface area contributed by atoms with Gasteiger partial charge in [0.15, 0.2) is 0 Å². The number of nitrogens with zero attached hydrogens (tertiary/aromatic N) is 3. The van der Waals surface area contributed by atoms with Crippen molar-refractivity contribution in [2.75, 3.05) is 6.61 Å². The zero-order chi connectivity index (χ0) is 18.4. The van der Waals surface area contributed by atoms with Crippen molar-refractivity contribution in [3.63, 3.8) is 0 Å². The van der Waals surface area contributed by atoms with Crippen molar-refractivity contribution in [3.05, 3.63) is 22.3 Å². The summed E-state index contributed by atoms with van der Waals surface area (Å²) in [6, 6.07) is -2.63. The van der Waals surface area contributed by atoms with Gasteiger partial charge in [0.25, 0.3) is 0 Å². The fourth-order valence-corrected chi connectivity index (χ4v) is 2.05. The number of hydrogen-bond donors (Lipinski definition) is 5. The molecule has 1 aliphatic heterocycles. The van der Waals surface area contributed by atoms with Crippen LogP contribution in [0.2, 0.25) is 0 Å². The molecule has 0 aliphatic carbocycles. The molecule has 1 aliphatic rings. The molecule has 0 radical (unpaired) electrons. The molecule has 1 unspecified atom stereocenters. The minimum atomic E-state index is -1.84. The van der Waals surface area contributed by atoms with Crippen LogP contribution in [0.1, 0.15) is 6.92 Å². The molecule has 13 heteroatoms. The number of carboxylic acid groups (broad SMARTS) is 1. The number of carboxylic acids is 1. The summed E-state index contributed by atoms with van der Waals surface area (Å²) in [5.41, 5.74) is 8.60. The Morgan fingerprint density at radius 3 is 2.52 bits per heavy atom. The summed E-state index contributed by atoms with van der Waals surface area (Å²) in [6.07, 6.45) is -5.76. The number of aliphatic hydroxyl groups excluding tert-OH is 4. The number of azide groups is 1. The Morgan fingerprint density at radius 2 is 2.08 bits per heavy atom. The topological polar surface area (TPSA) is 208 Å². The van der Waals surface area contributed by atoms with E-state index in [9.17, 15) is 30.0 Å². The van der Waals surface area contributed by atoms with Gasteiger partial charge in [0.1, 0.15) is 36.1 Å². The van der Waals surface area contributed by atoms with Gasteiger partial charge in [-0.05, 0) is 18.5 Å². The number of aliphatic carboxylic acids is 1. The van der Waals surface area contributed by atoms with Gasteiger partial charge in [-0.3, -0.25) is 4.79 Å². The van der Waals surface area contributed by atoms with Gasteiger partial charge >= 0.3 is 29.6 Å². The third kappa shape index (κ3) is 6.13. The zero-order valence-electron chi connectivity index (χ0n) is 13.5. The number of ether oxygens (including phenoxy) is 1. The summed E-state index contributed by atoms with van der Waals surface area (Å²) in [6.45, 7) is 0.271. The van der Waals surface area contributed by atoms with Crippen LogP contribution in [0, 0.1) is 0 Å². The molecule has 1 heterocycles. The number of aliphatic hydroxyl groups is 4. The van der Waals surface area contributed by atoms with Gasteiger partial charge in [-0.1, -0.05) is 5.11 Å². The second-order valence-corrected chi connectivity index (χ2v) is 5.05. The third-order valence-electron chi connectivity index (χ3n) is 3.30. The van der Waals surface area contributed by atoms with E-state index in [4.69, 9.17) is 15.4 Å². The largest absolute Gasteiger partial charge is 1.00 e. The number of amides is 1. The van der Waals surface area contributed by atoms with Crippen LogP contribution in [0.5, 0.6) is 0 Å². The maximum Gasteiger partial charge on any atom is 1.00 e. The minimum Gasteiger partial charge on any atom is -0.542 e. The Hall–Kier alpha value is -1.37. The van der Waals surface area contributed by atoms with E-state index in [2.05, 4.69) is 15.3 Å². The molecule has 12 nitrogen and oxygen atoms in total. The second-order valence-electron chi connectivity index (χ2n) is 5.05. The van der Waals surface area contributed by atoms with E-state index >= 15 is 0 Å². The van der Waals surface area contributed by atoms with Crippen LogP contribution in [0.4, 0.5) is 0 Å². The van der Waals surface area contributed by atoms with Gasteiger partial charge in [-0.25, -0.2) is 0 Å². The SMILES string of the molecule is CC(O)C(=O)N[C@H]1[C@H]([C@H](O)[C@H](O)CO)OC(C(=O)[O-])=C[C@@H]1N=[N+]=[N-].[Na+]. The van der Waals surface area contributed by atoms with E-state index < -0.39 is 60.7 Å². The molecule has 25 heavy (non-hydrogen) atoms. The fourth-order valence-electron chi connectivity index (χ4n) is 2.05. The molecule has 0 saturated heterocycles. The van der Waals surface area contributed by atoms with E-state index in [0.29, 0.717) is 0 Å². The quantitative estimate of drug-likeness (QED) is 0.126. The van der Waals surface area contributed by atoms with Crippen molar-refractivity contribution in [1.82, 2.24) is 5.32 Å². The first-order chi connectivity index (χ1) is 11.2. The van der Waals surface area contributed by atoms with Crippen LogP contribution in [0.15, 0.2) is 16.9 Å². The molecule has 0 aromatic rings. The predicted octanol–water partition coefficient (Wildman–Crippen LogP) is -6.72. The van der Waals surface area contributed by atoms with Crippen LogP contribution in [0.3, 0.4) is 0 Å².